The Balaban J connectivity index is 2.25. The molecule has 0 aromatic heterocycles. The van der Waals surface area contributed by atoms with Crippen LogP contribution in [0.4, 0.5) is 0 Å². The molecule has 0 saturated carbocycles. The van der Waals surface area contributed by atoms with Gasteiger partial charge in [0, 0.05) is 0 Å². The fourth-order valence-corrected chi connectivity index (χ4v) is 2.25. The molecule has 1 amide bonds. The minimum atomic E-state index is -0.203. The number of benzene rings is 1. The lowest BCUT2D eigenvalue weighted by Crippen LogP contribution is -1.87. The summed E-state index contributed by atoms with van der Waals surface area (Å²) in [4.78, 5) is 15.7. The van der Waals surface area contributed by atoms with E-state index in [1.807, 2.05) is 37.3 Å². The zero-order chi connectivity index (χ0) is 10.8. The molecule has 4 heteroatoms. The molecule has 0 atom stereocenters. The van der Waals surface area contributed by atoms with Gasteiger partial charge in [-0.1, -0.05) is 41.6 Å². The van der Waals surface area contributed by atoms with E-state index < -0.39 is 0 Å². The molecule has 0 N–H and O–H groups in total. The zero-order valence-corrected chi connectivity index (χ0v) is 9.81. The molecule has 0 spiro atoms. The quantitative estimate of drug-likeness (QED) is 0.599. The molecule has 0 unspecified atom stereocenters. The zero-order valence-electron chi connectivity index (χ0n) is 8.10. The SMILES string of the molecule is Cc1ccc(/C=C2\SC(S)=NC2=O)cc1. The molecule has 2 nitrogen and oxygen atoms in total. The first-order chi connectivity index (χ1) is 7.15. The van der Waals surface area contributed by atoms with Crippen LogP contribution in [0.15, 0.2) is 34.2 Å². The van der Waals surface area contributed by atoms with Crippen molar-refractivity contribution in [2.45, 2.75) is 6.92 Å². The molecule has 0 saturated heterocycles. The predicted molar refractivity (Wildman–Crippen MR) is 68.2 cm³/mol. The maximum atomic E-state index is 11.3. The second-order valence-electron chi connectivity index (χ2n) is 3.22. The number of hydrogen-bond acceptors (Lipinski definition) is 2. The molecule has 0 fully saturated rings. The highest BCUT2D eigenvalue weighted by molar-refractivity contribution is 8.35. The molecule has 15 heavy (non-hydrogen) atoms. The summed E-state index contributed by atoms with van der Waals surface area (Å²) in [5.74, 6) is -0.203. The Morgan fingerprint density at radius 2 is 2.00 bits per heavy atom. The van der Waals surface area contributed by atoms with Crippen LogP contribution in [0.1, 0.15) is 11.1 Å². The number of aryl methyl sites for hydroxylation is 1. The summed E-state index contributed by atoms with van der Waals surface area (Å²) in [5, 5.41) is 0. The number of amides is 1. The Hall–Kier alpha value is -1.00. The van der Waals surface area contributed by atoms with Gasteiger partial charge in [0.25, 0.3) is 5.91 Å². The summed E-state index contributed by atoms with van der Waals surface area (Å²) in [6, 6.07) is 7.98. The fraction of sp³-hybridized carbons (Fsp3) is 0.0909. The number of hydrogen-bond donors (Lipinski definition) is 1. The Bertz CT molecular complexity index is 460. The van der Waals surface area contributed by atoms with Gasteiger partial charge in [-0.25, -0.2) is 0 Å². The van der Waals surface area contributed by atoms with Crippen molar-refractivity contribution in [3.05, 3.63) is 40.3 Å². The fourth-order valence-electron chi connectivity index (χ4n) is 1.21. The van der Waals surface area contributed by atoms with Crippen LogP contribution in [0.3, 0.4) is 0 Å². The van der Waals surface area contributed by atoms with E-state index in [2.05, 4.69) is 17.6 Å². The van der Waals surface area contributed by atoms with Gasteiger partial charge in [-0.05, 0) is 18.6 Å². The second-order valence-corrected chi connectivity index (χ2v) is 4.98. The highest BCUT2D eigenvalue weighted by Crippen LogP contribution is 2.29. The third-order valence-corrected chi connectivity index (χ3v) is 3.14. The van der Waals surface area contributed by atoms with Crippen molar-refractivity contribution in [1.82, 2.24) is 0 Å². The summed E-state index contributed by atoms with van der Waals surface area (Å²) >= 11 is 5.34. The van der Waals surface area contributed by atoms with E-state index in [0.29, 0.717) is 9.28 Å². The Morgan fingerprint density at radius 3 is 2.53 bits per heavy atom. The molecular formula is C11H9NOS2. The first-order valence-corrected chi connectivity index (χ1v) is 5.70. The van der Waals surface area contributed by atoms with Gasteiger partial charge in [0.1, 0.15) is 4.38 Å². The Morgan fingerprint density at radius 1 is 1.33 bits per heavy atom. The molecule has 1 aromatic rings. The highest BCUT2D eigenvalue weighted by atomic mass is 32.2. The summed E-state index contributed by atoms with van der Waals surface area (Å²) < 4.78 is 0.512. The summed E-state index contributed by atoms with van der Waals surface area (Å²) in [6.07, 6.45) is 1.83. The van der Waals surface area contributed by atoms with E-state index in [1.54, 1.807) is 0 Å². The lowest BCUT2D eigenvalue weighted by molar-refractivity contribution is -0.113. The van der Waals surface area contributed by atoms with Gasteiger partial charge in [-0.15, -0.1) is 12.6 Å². The maximum Gasteiger partial charge on any atom is 0.285 e. The third kappa shape index (κ3) is 2.52. The first kappa shape index (κ1) is 10.5. The van der Waals surface area contributed by atoms with Crippen LogP contribution in [-0.2, 0) is 4.79 Å². The van der Waals surface area contributed by atoms with Crippen LogP contribution < -0.4 is 0 Å². The minimum absolute atomic E-state index is 0.203. The molecule has 0 radical (unpaired) electrons. The second kappa shape index (κ2) is 4.24. The van der Waals surface area contributed by atoms with E-state index in [9.17, 15) is 4.79 Å². The molecule has 1 heterocycles. The van der Waals surface area contributed by atoms with E-state index in [1.165, 1.54) is 17.3 Å². The van der Waals surface area contributed by atoms with E-state index in [-0.39, 0.29) is 5.91 Å². The van der Waals surface area contributed by atoms with Gasteiger partial charge in [-0.3, -0.25) is 4.79 Å². The van der Waals surface area contributed by atoms with Crippen molar-refractivity contribution in [3.63, 3.8) is 0 Å². The number of aliphatic imine (C=N–C) groups is 1. The molecule has 2 rings (SSSR count). The van der Waals surface area contributed by atoms with Gasteiger partial charge in [-0.2, -0.15) is 4.99 Å². The Kier molecular flexibility index (Phi) is 2.98. The van der Waals surface area contributed by atoms with E-state index in [4.69, 9.17) is 0 Å². The number of thioether (sulfide) groups is 1. The van der Waals surface area contributed by atoms with Crippen molar-refractivity contribution >= 4 is 40.7 Å². The maximum absolute atomic E-state index is 11.3. The van der Waals surface area contributed by atoms with Crippen LogP contribution in [0.25, 0.3) is 6.08 Å². The summed E-state index contributed by atoms with van der Waals surface area (Å²) in [5.41, 5.74) is 2.21. The van der Waals surface area contributed by atoms with Crippen molar-refractivity contribution < 1.29 is 4.79 Å². The van der Waals surface area contributed by atoms with E-state index >= 15 is 0 Å². The lowest BCUT2D eigenvalue weighted by atomic mass is 10.1. The number of nitrogens with zero attached hydrogens (tertiary/aromatic N) is 1. The van der Waals surface area contributed by atoms with Crippen LogP contribution in [0, 0.1) is 6.92 Å². The van der Waals surface area contributed by atoms with Crippen LogP contribution in [-0.4, -0.2) is 10.3 Å². The van der Waals surface area contributed by atoms with Crippen LogP contribution in [0.5, 0.6) is 0 Å². The molecule has 1 aliphatic heterocycles. The van der Waals surface area contributed by atoms with Gasteiger partial charge in [0.2, 0.25) is 0 Å². The Labute approximate surface area is 97.9 Å². The van der Waals surface area contributed by atoms with Crippen LogP contribution in [0.2, 0.25) is 0 Å². The molecule has 1 aliphatic rings. The topological polar surface area (TPSA) is 29.4 Å². The van der Waals surface area contributed by atoms with Crippen molar-refractivity contribution in [2.75, 3.05) is 0 Å². The summed E-state index contributed by atoms with van der Waals surface area (Å²) in [6.45, 7) is 2.03. The number of carbonyl (C=O) groups excluding carboxylic acids is 1. The third-order valence-electron chi connectivity index (χ3n) is 1.98. The molecule has 0 bridgehead atoms. The van der Waals surface area contributed by atoms with Crippen molar-refractivity contribution in [2.24, 2.45) is 4.99 Å². The molecule has 0 aliphatic carbocycles. The standard InChI is InChI=1S/C11H9NOS2/c1-7-2-4-8(5-3-7)6-9-10(13)12-11(14)15-9/h2-6H,1H3,(H,12,13,14)/b9-6-. The molecule has 1 aromatic carbocycles. The minimum Gasteiger partial charge on any atom is -0.266 e. The van der Waals surface area contributed by atoms with Gasteiger partial charge < -0.3 is 0 Å². The van der Waals surface area contributed by atoms with Gasteiger partial charge in [0.05, 0.1) is 4.91 Å². The van der Waals surface area contributed by atoms with Gasteiger partial charge >= 0.3 is 0 Å². The first-order valence-electron chi connectivity index (χ1n) is 4.43. The summed E-state index contributed by atoms with van der Waals surface area (Å²) in [7, 11) is 0. The van der Waals surface area contributed by atoms with E-state index in [0.717, 1.165) is 5.56 Å². The number of rotatable bonds is 1. The van der Waals surface area contributed by atoms with Crippen molar-refractivity contribution in [3.8, 4) is 0 Å². The lowest BCUT2D eigenvalue weighted by Gasteiger charge is -1.96. The predicted octanol–water partition coefficient (Wildman–Crippen LogP) is 2.90. The van der Waals surface area contributed by atoms with Crippen LogP contribution >= 0.6 is 24.4 Å². The van der Waals surface area contributed by atoms with Gasteiger partial charge in [0.15, 0.2) is 0 Å². The average Bonchev–Trinajstić information content (AvgIpc) is 2.49. The molecular weight excluding hydrogens is 226 g/mol. The number of thiol groups is 1. The normalized spacial score (nSPS) is 18.4. The smallest absolute Gasteiger partial charge is 0.266 e. The van der Waals surface area contributed by atoms with Crippen molar-refractivity contribution in [1.29, 1.82) is 0 Å². The molecule has 76 valence electrons. The monoisotopic (exact) mass is 235 g/mol. The highest BCUT2D eigenvalue weighted by Gasteiger charge is 2.18. The average molecular weight is 235 g/mol. The largest absolute Gasteiger partial charge is 0.285 e. The number of carbonyl (C=O) groups is 1.